The summed E-state index contributed by atoms with van der Waals surface area (Å²) in [6, 6.07) is 7.99. The van der Waals surface area contributed by atoms with Gasteiger partial charge in [-0.15, -0.1) is 17.9 Å². The van der Waals surface area contributed by atoms with E-state index < -0.39 is 0 Å². The molecule has 2 aromatic rings. The van der Waals surface area contributed by atoms with Crippen LogP contribution in [0.5, 0.6) is 5.88 Å². The van der Waals surface area contributed by atoms with Crippen LogP contribution in [0.1, 0.15) is 17.4 Å². The molecule has 3 rings (SSSR count). The van der Waals surface area contributed by atoms with Crippen molar-refractivity contribution in [3.8, 4) is 5.88 Å². The summed E-state index contributed by atoms with van der Waals surface area (Å²) >= 11 is 6.68. The van der Waals surface area contributed by atoms with Crippen LogP contribution in [-0.4, -0.2) is 15.4 Å². The maximum Gasteiger partial charge on any atom is 0.210 e. The van der Waals surface area contributed by atoms with Crippen LogP contribution >= 0.6 is 23.6 Å². The van der Waals surface area contributed by atoms with E-state index in [1.54, 1.807) is 10.6 Å². The highest BCUT2D eigenvalue weighted by atomic mass is 32.1. The van der Waals surface area contributed by atoms with E-state index in [-0.39, 0.29) is 5.88 Å². The fourth-order valence-electron chi connectivity index (χ4n) is 2.35. The van der Waals surface area contributed by atoms with Crippen LogP contribution in [0.3, 0.4) is 0 Å². The first kappa shape index (κ1) is 14.0. The zero-order valence-corrected chi connectivity index (χ0v) is 13.2. The van der Waals surface area contributed by atoms with E-state index in [1.165, 1.54) is 11.3 Å². The molecule has 21 heavy (non-hydrogen) atoms. The summed E-state index contributed by atoms with van der Waals surface area (Å²) in [5.74, 6) is 0.189. The maximum absolute atomic E-state index is 10.3. The molecule has 1 aliphatic heterocycles. The number of aromatic nitrogens is 1. The number of hydrogen-bond donors (Lipinski definition) is 1. The van der Waals surface area contributed by atoms with Gasteiger partial charge in [-0.1, -0.05) is 24.3 Å². The molecule has 0 radical (unpaired) electrons. The second kappa shape index (κ2) is 5.42. The van der Waals surface area contributed by atoms with Gasteiger partial charge >= 0.3 is 0 Å². The summed E-state index contributed by atoms with van der Waals surface area (Å²) in [7, 11) is 0. The molecule has 1 aromatic carbocycles. The molecule has 0 atom stereocenters. The molecule has 0 saturated carbocycles. The van der Waals surface area contributed by atoms with E-state index >= 15 is 0 Å². The Bertz CT molecular complexity index is 840. The largest absolute Gasteiger partial charge is 0.493 e. The first-order chi connectivity index (χ1) is 10.1. The Labute approximate surface area is 132 Å². The zero-order valence-electron chi connectivity index (χ0n) is 11.5. The first-order valence-electron chi connectivity index (χ1n) is 6.52. The van der Waals surface area contributed by atoms with Gasteiger partial charge in [-0.05, 0) is 31.3 Å². The maximum atomic E-state index is 10.3. The van der Waals surface area contributed by atoms with Crippen LogP contribution in [0.15, 0.2) is 41.9 Å². The molecule has 0 unspecified atom stereocenters. The minimum atomic E-state index is 0.189. The van der Waals surface area contributed by atoms with E-state index in [4.69, 9.17) is 12.2 Å². The lowest BCUT2D eigenvalue weighted by atomic mass is 10.0. The van der Waals surface area contributed by atoms with E-state index in [2.05, 4.69) is 11.6 Å². The van der Waals surface area contributed by atoms with E-state index in [0.717, 1.165) is 27.4 Å². The molecule has 0 saturated heterocycles. The molecule has 0 bridgehead atoms. The van der Waals surface area contributed by atoms with Crippen molar-refractivity contribution in [2.24, 2.45) is 4.99 Å². The van der Waals surface area contributed by atoms with Gasteiger partial charge in [-0.3, -0.25) is 9.56 Å². The predicted molar refractivity (Wildman–Crippen MR) is 92.1 cm³/mol. The van der Waals surface area contributed by atoms with E-state index in [0.29, 0.717) is 10.5 Å². The number of aromatic hydroxyl groups is 1. The number of fused-ring (bicyclic) bond motifs is 1. The SMILES string of the molecule is C=CCn1c(O)c(/C=C2\C(C)=Nc3ccccc32)sc1=S. The van der Waals surface area contributed by atoms with Gasteiger partial charge in [0.05, 0.1) is 10.6 Å². The van der Waals surface area contributed by atoms with Crippen LogP contribution in [0.4, 0.5) is 5.69 Å². The average Bonchev–Trinajstić information content (AvgIpc) is 2.92. The lowest BCUT2D eigenvalue weighted by molar-refractivity contribution is 0.424. The number of aliphatic imine (C=N–C) groups is 1. The van der Waals surface area contributed by atoms with Crippen LogP contribution in [0.25, 0.3) is 11.6 Å². The Kier molecular flexibility index (Phi) is 3.61. The molecule has 0 aliphatic carbocycles. The molecule has 0 fully saturated rings. The number of allylic oxidation sites excluding steroid dienone is 2. The summed E-state index contributed by atoms with van der Waals surface area (Å²) in [5, 5.41) is 10.3. The van der Waals surface area contributed by atoms with Gasteiger partial charge < -0.3 is 5.11 Å². The highest BCUT2D eigenvalue weighted by Crippen LogP contribution is 2.38. The minimum absolute atomic E-state index is 0.189. The minimum Gasteiger partial charge on any atom is -0.493 e. The van der Waals surface area contributed by atoms with Gasteiger partial charge in [0.1, 0.15) is 0 Å². The van der Waals surface area contributed by atoms with E-state index in [1.807, 2.05) is 37.3 Å². The second-order valence-corrected chi connectivity index (χ2v) is 6.40. The quantitative estimate of drug-likeness (QED) is 0.651. The van der Waals surface area contributed by atoms with Gasteiger partial charge in [0.15, 0.2) is 3.95 Å². The van der Waals surface area contributed by atoms with Gasteiger partial charge in [0.2, 0.25) is 5.88 Å². The molecule has 3 nitrogen and oxygen atoms in total. The summed E-state index contributed by atoms with van der Waals surface area (Å²) in [4.78, 5) is 5.30. The molecule has 1 aliphatic rings. The van der Waals surface area contributed by atoms with Crippen LogP contribution in [0, 0.1) is 3.95 Å². The van der Waals surface area contributed by atoms with Crippen molar-refractivity contribution >= 4 is 46.6 Å². The fraction of sp³-hybridized carbons (Fsp3) is 0.125. The number of para-hydroxylation sites is 1. The third kappa shape index (κ3) is 2.39. The Hall–Kier alpha value is -1.98. The van der Waals surface area contributed by atoms with Crippen molar-refractivity contribution in [1.29, 1.82) is 0 Å². The van der Waals surface area contributed by atoms with Crippen molar-refractivity contribution in [1.82, 2.24) is 4.57 Å². The number of thiazole rings is 1. The van der Waals surface area contributed by atoms with Crippen LogP contribution < -0.4 is 0 Å². The number of benzene rings is 1. The van der Waals surface area contributed by atoms with E-state index in [9.17, 15) is 5.11 Å². The van der Waals surface area contributed by atoms with Crippen molar-refractivity contribution in [2.45, 2.75) is 13.5 Å². The van der Waals surface area contributed by atoms with Crippen molar-refractivity contribution in [3.05, 3.63) is 51.3 Å². The standard InChI is InChI=1S/C16H14N2OS2/c1-3-8-18-15(19)14(21-16(18)20)9-12-10(2)17-13-7-5-4-6-11(12)13/h3-7,9,19H,1,8H2,2H3/b12-9+. The molecule has 1 N–H and O–H groups in total. The lowest BCUT2D eigenvalue weighted by Crippen LogP contribution is -1.93. The predicted octanol–water partition coefficient (Wildman–Crippen LogP) is 4.82. The molecule has 2 heterocycles. The van der Waals surface area contributed by atoms with Crippen LogP contribution in [-0.2, 0) is 6.54 Å². The normalized spacial score (nSPS) is 15.1. The van der Waals surface area contributed by atoms with Gasteiger partial charge in [-0.2, -0.15) is 0 Å². The number of hydrogen-bond acceptors (Lipinski definition) is 4. The Morgan fingerprint density at radius 3 is 2.95 bits per heavy atom. The molecule has 0 amide bonds. The topological polar surface area (TPSA) is 37.5 Å². The molecule has 106 valence electrons. The number of nitrogens with zero attached hydrogens (tertiary/aromatic N) is 2. The summed E-state index contributed by atoms with van der Waals surface area (Å²) < 4.78 is 2.31. The Morgan fingerprint density at radius 2 is 2.19 bits per heavy atom. The summed E-state index contributed by atoms with van der Waals surface area (Å²) in [5.41, 5.74) is 4.03. The molecule has 5 heteroatoms. The Morgan fingerprint density at radius 1 is 1.43 bits per heavy atom. The highest BCUT2D eigenvalue weighted by molar-refractivity contribution is 7.73. The molecular formula is C16H14N2OS2. The smallest absolute Gasteiger partial charge is 0.210 e. The highest BCUT2D eigenvalue weighted by Gasteiger charge is 2.18. The molecule has 1 aromatic heterocycles. The summed E-state index contributed by atoms with van der Waals surface area (Å²) in [6.07, 6.45) is 3.68. The third-order valence-electron chi connectivity index (χ3n) is 3.35. The summed E-state index contributed by atoms with van der Waals surface area (Å²) in [6.45, 7) is 6.17. The Balaban J connectivity index is 2.12. The fourth-order valence-corrected chi connectivity index (χ4v) is 3.61. The lowest BCUT2D eigenvalue weighted by Gasteiger charge is -2.02. The average molecular weight is 314 g/mol. The van der Waals surface area contributed by atoms with Crippen molar-refractivity contribution < 1.29 is 5.11 Å². The third-order valence-corrected chi connectivity index (χ3v) is 4.74. The van der Waals surface area contributed by atoms with Gasteiger partial charge in [-0.25, -0.2) is 0 Å². The second-order valence-electron chi connectivity index (χ2n) is 4.73. The van der Waals surface area contributed by atoms with Crippen molar-refractivity contribution in [3.63, 3.8) is 0 Å². The molecular weight excluding hydrogens is 300 g/mol. The van der Waals surface area contributed by atoms with Gasteiger partial charge in [0, 0.05) is 23.4 Å². The monoisotopic (exact) mass is 314 g/mol. The zero-order chi connectivity index (χ0) is 15.0. The van der Waals surface area contributed by atoms with Crippen molar-refractivity contribution in [2.75, 3.05) is 0 Å². The van der Waals surface area contributed by atoms with Gasteiger partial charge in [0.25, 0.3) is 0 Å². The number of rotatable bonds is 3. The van der Waals surface area contributed by atoms with Crippen LogP contribution in [0.2, 0.25) is 0 Å². The molecule has 0 spiro atoms. The first-order valence-corrected chi connectivity index (χ1v) is 7.74.